The van der Waals surface area contributed by atoms with Gasteiger partial charge in [0, 0.05) is 24.8 Å². The van der Waals surface area contributed by atoms with Crippen molar-refractivity contribution in [1.82, 2.24) is 4.98 Å². The summed E-state index contributed by atoms with van der Waals surface area (Å²) < 4.78 is 0. The van der Waals surface area contributed by atoms with E-state index >= 15 is 0 Å². The SMILES string of the molecule is N/C(=N/O)c1ccnc(N2CCCCCCC2)c1Cl. The number of pyridine rings is 1. The van der Waals surface area contributed by atoms with Crippen LogP contribution in [-0.4, -0.2) is 29.1 Å². The van der Waals surface area contributed by atoms with Crippen LogP contribution in [0.5, 0.6) is 0 Å². The Bertz CT molecular complexity index is 456. The first-order valence-electron chi connectivity index (χ1n) is 6.61. The molecule has 0 radical (unpaired) electrons. The van der Waals surface area contributed by atoms with E-state index in [9.17, 15) is 0 Å². The van der Waals surface area contributed by atoms with E-state index in [0.29, 0.717) is 10.6 Å². The van der Waals surface area contributed by atoms with E-state index < -0.39 is 0 Å². The molecule has 1 aromatic heterocycles. The normalized spacial score (nSPS) is 17.9. The van der Waals surface area contributed by atoms with Crippen molar-refractivity contribution in [2.45, 2.75) is 32.1 Å². The largest absolute Gasteiger partial charge is 0.409 e. The van der Waals surface area contributed by atoms with Gasteiger partial charge in [-0.3, -0.25) is 0 Å². The number of halogens is 1. The van der Waals surface area contributed by atoms with Crippen LogP contribution in [0.2, 0.25) is 5.02 Å². The van der Waals surface area contributed by atoms with Crippen LogP contribution in [-0.2, 0) is 0 Å². The lowest BCUT2D eigenvalue weighted by molar-refractivity contribution is 0.318. The maximum absolute atomic E-state index is 8.77. The monoisotopic (exact) mass is 282 g/mol. The number of hydrogen-bond acceptors (Lipinski definition) is 4. The zero-order valence-electron chi connectivity index (χ0n) is 10.8. The van der Waals surface area contributed by atoms with Crippen LogP contribution in [0.1, 0.15) is 37.7 Å². The van der Waals surface area contributed by atoms with Gasteiger partial charge in [0.1, 0.15) is 5.82 Å². The number of oxime groups is 1. The Morgan fingerprint density at radius 2 is 1.89 bits per heavy atom. The minimum absolute atomic E-state index is 0.0145. The van der Waals surface area contributed by atoms with E-state index in [1.54, 1.807) is 12.3 Å². The highest BCUT2D eigenvalue weighted by atomic mass is 35.5. The summed E-state index contributed by atoms with van der Waals surface area (Å²) in [5, 5.41) is 12.2. The molecule has 0 amide bonds. The van der Waals surface area contributed by atoms with Gasteiger partial charge in [0.2, 0.25) is 0 Å². The number of amidine groups is 1. The van der Waals surface area contributed by atoms with Gasteiger partial charge in [-0.05, 0) is 18.9 Å². The standard InChI is InChI=1S/C13H19ClN4O/c14-11-10(12(15)17-19)6-7-16-13(11)18-8-4-2-1-3-5-9-18/h6-7,19H,1-5,8-9H2,(H2,15,17). The molecule has 1 fully saturated rings. The Morgan fingerprint density at radius 1 is 1.26 bits per heavy atom. The smallest absolute Gasteiger partial charge is 0.171 e. The molecule has 1 aromatic rings. The van der Waals surface area contributed by atoms with Crippen molar-refractivity contribution in [2.24, 2.45) is 10.9 Å². The Balaban J connectivity index is 2.28. The van der Waals surface area contributed by atoms with Gasteiger partial charge in [0.05, 0.1) is 5.02 Å². The second kappa shape index (κ2) is 6.61. The Kier molecular flexibility index (Phi) is 4.85. The molecule has 0 atom stereocenters. The fourth-order valence-electron chi connectivity index (χ4n) is 2.36. The molecule has 0 saturated carbocycles. The van der Waals surface area contributed by atoms with Crippen LogP contribution in [0, 0.1) is 0 Å². The minimum atomic E-state index is 0.0145. The summed E-state index contributed by atoms with van der Waals surface area (Å²) in [6.45, 7) is 1.90. The average molecular weight is 283 g/mol. The predicted molar refractivity (Wildman–Crippen MR) is 77.1 cm³/mol. The first-order valence-corrected chi connectivity index (χ1v) is 6.99. The number of aromatic nitrogens is 1. The number of nitrogens with two attached hydrogens (primary N) is 1. The molecule has 104 valence electrons. The summed E-state index contributed by atoms with van der Waals surface area (Å²) in [7, 11) is 0. The van der Waals surface area contributed by atoms with E-state index in [1.807, 2.05) is 0 Å². The van der Waals surface area contributed by atoms with E-state index in [2.05, 4.69) is 15.0 Å². The lowest BCUT2D eigenvalue weighted by atomic mass is 10.1. The molecule has 0 bridgehead atoms. The molecule has 1 aliphatic heterocycles. The highest BCUT2D eigenvalue weighted by Crippen LogP contribution is 2.28. The highest BCUT2D eigenvalue weighted by molar-refractivity contribution is 6.36. The second-order valence-corrected chi connectivity index (χ2v) is 5.11. The molecule has 6 heteroatoms. The summed E-state index contributed by atoms with van der Waals surface area (Å²) in [6.07, 6.45) is 7.73. The Morgan fingerprint density at radius 3 is 2.53 bits per heavy atom. The molecule has 1 aliphatic rings. The number of hydrogen-bond donors (Lipinski definition) is 2. The Hall–Kier alpha value is -1.49. The van der Waals surface area contributed by atoms with Crippen molar-refractivity contribution in [3.8, 4) is 0 Å². The van der Waals surface area contributed by atoms with Crippen molar-refractivity contribution in [3.63, 3.8) is 0 Å². The van der Waals surface area contributed by atoms with Crippen LogP contribution < -0.4 is 10.6 Å². The van der Waals surface area contributed by atoms with Gasteiger partial charge in [0.15, 0.2) is 5.84 Å². The number of nitrogens with zero attached hydrogens (tertiary/aromatic N) is 3. The molecule has 1 saturated heterocycles. The highest BCUT2D eigenvalue weighted by Gasteiger charge is 2.17. The quantitative estimate of drug-likeness (QED) is 0.378. The lowest BCUT2D eigenvalue weighted by Crippen LogP contribution is -2.28. The number of anilines is 1. The molecule has 19 heavy (non-hydrogen) atoms. The van der Waals surface area contributed by atoms with E-state index in [1.165, 1.54) is 19.3 Å². The molecule has 0 unspecified atom stereocenters. The fraction of sp³-hybridized carbons (Fsp3) is 0.538. The third-order valence-electron chi connectivity index (χ3n) is 3.41. The average Bonchev–Trinajstić information content (AvgIpc) is 2.39. The van der Waals surface area contributed by atoms with Gasteiger partial charge in [-0.25, -0.2) is 4.98 Å². The first-order chi connectivity index (χ1) is 9.24. The summed E-state index contributed by atoms with van der Waals surface area (Å²) in [4.78, 5) is 6.54. The third-order valence-corrected chi connectivity index (χ3v) is 3.78. The second-order valence-electron chi connectivity index (χ2n) is 4.74. The molecule has 0 spiro atoms. The topological polar surface area (TPSA) is 74.7 Å². The lowest BCUT2D eigenvalue weighted by Gasteiger charge is -2.27. The van der Waals surface area contributed by atoms with Crippen molar-refractivity contribution in [3.05, 3.63) is 22.8 Å². The van der Waals surface area contributed by atoms with Crippen molar-refractivity contribution >= 4 is 23.3 Å². The van der Waals surface area contributed by atoms with Crippen molar-refractivity contribution in [2.75, 3.05) is 18.0 Å². The summed E-state index contributed by atoms with van der Waals surface area (Å²) in [5.41, 5.74) is 6.14. The van der Waals surface area contributed by atoms with Crippen molar-refractivity contribution < 1.29 is 5.21 Å². The molecule has 2 rings (SSSR count). The molecular formula is C13H19ClN4O. The first kappa shape index (κ1) is 13.9. The maximum Gasteiger partial charge on any atom is 0.171 e. The van der Waals surface area contributed by atoms with Gasteiger partial charge < -0.3 is 15.8 Å². The fourth-order valence-corrected chi connectivity index (χ4v) is 2.69. The van der Waals surface area contributed by atoms with E-state index in [-0.39, 0.29) is 5.84 Å². The summed E-state index contributed by atoms with van der Waals surface area (Å²) in [6, 6.07) is 1.66. The molecule has 2 heterocycles. The van der Waals surface area contributed by atoms with Crippen LogP contribution in [0.25, 0.3) is 0 Å². The molecule has 3 N–H and O–H groups in total. The van der Waals surface area contributed by atoms with Crippen molar-refractivity contribution in [1.29, 1.82) is 0 Å². The van der Waals surface area contributed by atoms with Crippen LogP contribution in [0.3, 0.4) is 0 Å². The zero-order chi connectivity index (χ0) is 13.7. The van der Waals surface area contributed by atoms with Gasteiger partial charge >= 0.3 is 0 Å². The summed E-state index contributed by atoms with van der Waals surface area (Å²) in [5.74, 6) is 0.744. The maximum atomic E-state index is 8.77. The molecule has 5 nitrogen and oxygen atoms in total. The molecule has 0 aromatic carbocycles. The predicted octanol–water partition coefficient (Wildman–Crippen LogP) is 2.60. The molecule has 0 aliphatic carbocycles. The van der Waals surface area contributed by atoms with Crippen LogP contribution >= 0.6 is 11.6 Å². The van der Waals surface area contributed by atoms with Gasteiger partial charge in [-0.15, -0.1) is 0 Å². The van der Waals surface area contributed by atoms with Crippen LogP contribution in [0.15, 0.2) is 17.4 Å². The van der Waals surface area contributed by atoms with Crippen LogP contribution in [0.4, 0.5) is 5.82 Å². The molecular weight excluding hydrogens is 264 g/mol. The Labute approximate surface area is 118 Å². The third kappa shape index (κ3) is 3.29. The van der Waals surface area contributed by atoms with Gasteiger partial charge in [0.25, 0.3) is 0 Å². The van der Waals surface area contributed by atoms with Gasteiger partial charge in [-0.2, -0.15) is 0 Å². The summed E-state index contributed by atoms with van der Waals surface area (Å²) >= 11 is 6.33. The van der Waals surface area contributed by atoms with E-state index in [4.69, 9.17) is 22.5 Å². The minimum Gasteiger partial charge on any atom is -0.409 e. The zero-order valence-corrected chi connectivity index (χ0v) is 11.6. The van der Waals surface area contributed by atoms with E-state index in [0.717, 1.165) is 31.7 Å². The number of rotatable bonds is 2. The van der Waals surface area contributed by atoms with Gasteiger partial charge in [-0.1, -0.05) is 36.0 Å².